The first-order chi connectivity index (χ1) is 13.5. The van der Waals surface area contributed by atoms with Gasteiger partial charge in [0.2, 0.25) is 0 Å². The lowest BCUT2D eigenvalue weighted by Gasteiger charge is -2.20. The van der Waals surface area contributed by atoms with E-state index in [1.54, 1.807) is 0 Å². The van der Waals surface area contributed by atoms with Gasteiger partial charge in [-0.2, -0.15) is 0 Å². The highest BCUT2D eigenvalue weighted by molar-refractivity contribution is 5.83. The van der Waals surface area contributed by atoms with E-state index < -0.39 is 0 Å². The number of hydrogen-bond donors (Lipinski definition) is 0. The molecule has 2 aromatic rings. The highest BCUT2D eigenvalue weighted by Gasteiger charge is 2.25. The Bertz CT molecular complexity index is 853. The van der Waals surface area contributed by atoms with E-state index in [4.69, 9.17) is 0 Å². The molecule has 28 heavy (non-hydrogen) atoms. The van der Waals surface area contributed by atoms with E-state index in [-0.39, 0.29) is 5.92 Å². The van der Waals surface area contributed by atoms with Crippen LogP contribution in [0.15, 0.2) is 72.3 Å². The standard InChI is InChI=1S/C27H32O/c1-5-25-24(15-16-26(25)23-9-7-6-8-10-23)17-20(4)27(28)18-21-11-13-22(14-12-21)19(2)3/h6-16,19-20,25H,5,17-18H2,1-4H3. The fraction of sp³-hybridized carbons (Fsp3) is 0.370. The molecule has 0 fully saturated rings. The predicted molar refractivity (Wildman–Crippen MR) is 119 cm³/mol. The minimum Gasteiger partial charge on any atom is -0.299 e. The molecule has 0 aromatic heterocycles. The van der Waals surface area contributed by atoms with Crippen molar-refractivity contribution in [3.05, 3.63) is 89.0 Å². The van der Waals surface area contributed by atoms with Crippen LogP contribution in [0, 0.1) is 11.8 Å². The molecule has 0 saturated carbocycles. The zero-order valence-electron chi connectivity index (χ0n) is 17.6. The summed E-state index contributed by atoms with van der Waals surface area (Å²) >= 11 is 0. The first-order valence-corrected chi connectivity index (χ1v) is 10.6. The molecular weight excluding hydrogens is 340 g/mol. The van der Waals surface area contributed by atoms with E-state index >= 15 is 0 Å². The van der Waals surface area contributed by atoms with E-state index in [1.165, 1.54) is 22.3 Å². The third kappa shape index (κ3) is 4.70. The van der Waals surface area contributed by atoms with Crippen LogP contribution in [0.3, 0.4) is 0 Å². The van der Waals surface area contributed by atoms with Crippen LogP contribution in [-0.2, 0) is 11.2 Å². The van der Waals surface area contributed by atoms with Gasteiger partial charge in [-0.1, -0.05) is 100 Å². The summed E-state index contributed by atoms with van der Waals surface area (Å²) in [6.45, 7) is 8.71. The van der Waals surface area contributed by atoms with Crippen LogP contribution in [0.1, 0.15) is 63.1 Å². The summed E-state index contributed by atoms with van der Waals surface area (Å²) in [5.74, 6) is 1.34. The van der Waals surface area contributed by atoms with E-state index in [1.807, 2.05) is 0 Å². The molecule has 1 aliphatic rings. The normalized spacial score (nSPS) is 17.4. The maximum Gasteiger partial charge on any atom is 0.140 e. The molecule has 0 heterocycles. The van der Waals surface area contributed by atoms with E-state index in [0.29, 0.717) is 24.0 Å². The van der Waals surface area contributed by atoms with Crippen molar-refractivity contribution in [2.75, 3.05) is 0 Å². The Morgan fingerprint density at radius 1 is 0.929 bits per heavy atom. The second kappa shape index (κ2) is 9.19. The van der Waals surface area contributed by atoms with Gasteiger partial charge in [-0.05, 0) is 41.0 Å². The minimum absolute atomic E-state index is 0.0496. The molecule has 0 radical (unpaired) electrons. The van der Waals surface area contributed by atoms with Gasteiger partial charge in [0.25, 0.3) is 0 Å². The topological polar surface area (TPSA) is 17.1 Å². The molecular formula is C27H32O. The number of rotatable bonds is 8. The Balaban J connectivity index is 1.61. The quantitative estimate of drug-likeness (QED) is 0.487. The first kappa shape index (κ1) is 20.3. The number of allylic oxidation sites excluding steroid dienone is 4. The van der Waals surface area contributed by atoms with Gasteiger partial charge in [0.15, 0.2) is 0 Å². The molecule has 0 N–H and O–H groups in total. The van der Waals surface area contributed by atoms with Crippen molar-refractivity contribution in [1.29, 1.82) is 0 Å². The molecule has 146 valence electrons. The van der Waals surface area contributed by atoms with Crippen LogP contribution < -0.4 is 0 Å². The van der Waals surface area contributed by atoms with Crippen molar-refractivity contribution < 1.29 is 4.79 Å². The average Bonchev–Trinajstić information content (AvgIpc) is 3.11. The highest BCUT2D eigenvalue weighted by Crippen LogP contribution is 2.39. The van der Waals surface area contributed by atoms with Crippen LogP contribution in [0.2, 0.25) is 0 Å². The Kier molecular flexibility index (Phi) is 6.67. The van der Waals surface area contributed by atoms with Crippen molar-refractivity contribution in [2.45, 2.75) is 52.9 Å². The van der Waals surface area contributed by atoms with Crippen LogP contribution in [0.25, 0.3) is 5.57 Å². The largest absolute Gasteiger partial charge is 0.299 e. The van der Waals surface area contributed by atoms with Gasteiger partial charge in [-0.15, -0.1) is 0 Å². The lowest BCUT2D eigenvalue weighted by molar-refractivity contribution is -0.121. The lowest BCUT2D eigenvalue weighted by Crippen LogP contribution is -2.16. The Morgan fingerprint density at radius 3 is 2.21 bits per heavy atom. The molecule has 0 spiro atoms. The van der Waals surface area contributed by atoms with Gasteiger partial charge in [0.05, 0.1) is 0 Å². The van der Waals surface area contributed by atoms with Crippen molar-refractivity contribution in [3.8, 4) is 0 Å². The maximum absolute atomic E-state index is 12.8. The molecule has 2 aromatic carbocycles. The molecule has 1 nitrogen and oxygen atoms in total. The monoisotopic (exact) mass is 372 g/mol. The Hall–Kier alpha value is -2.41. The molecule has 0 aliphatic heterocycles. The van der Waals surface area contributed by atoms with Crippen molar-refractivity contribution >= 4 is 11.4 Å². The van der Waals surface area contributed by atoms with Crippen LogP contribution in [0.5, 0.6) is 0 Å². The number of carbonyl (C=O) groups excluding carboxylic acids is 1. The van der Waals surface area contributed by atoms with E-state index in [9.17, 15) is 4.79 Å². The summed E-state index contributed by atoms with van der Waals surface area (Å²) in [7, 11) is 0. The van der Waals surface area contributed by atoms with Gasteiger partial charge >= 0.3 is 0 Å². The van der Waals surface area contributed by atoms with Crippen LogP contribution in [0.4, 0.5) is 0 Å². The second-order valence-electron chi connectivity index (χ2n) is 8.33. The molecule has 0 saturated heterocycles. The van der Waals surface area contributed by atoms with E-state index in [2.05, 4.69) is 94.4 Å². The molecule has 1 heteroatoms. The highest BCUT2D eigenvalue weighted by atomic mass is 16.1. The number of benzene rings is 2. The number of hydrogen-bond acceptors (Lipinski definition) is 1. The summed E-state index contributed by atoms with van der Waals surface area (Å²) in [5, 5.41) is 0. The van der Waals surface area contributed by atoms with E-state index in [0.717, 1.165) is 18.4 Å². The Morgan fingerprint density at radius 2 is 1.61 bits per heavy atom. The number of carbonyl (C=O) groups is 1. The molecule has 2 atom stereocenters. The minimum atomic E-state index is 0.0496. The van der Waals surface area contributed by atoms with Gasteiger partial charge in [0.1, 0.15) is 5.78 Å². The zero-order valence-corrected chi connectivity index (χ0v) is 17.6. The maximum atomic E-state index is 12.8. The van der Waals surface area contributed by atoms with Gasteiger partial charge < -0.3 is 0 Å². The lowest BCUT2D eigenvalue weighted by atomic mass is 9.83. The summed E-state index contributed by atoms with van der Waals surface area (Å²) in [6.07, 6.45) is 6.96. The SMILES string of the molecule is CCC1C(CC(C)C(=O)Cc2ccc(C(C)C)cc2)=CC=C1c1ccccc1. The van der Waals surface area contributed by atoms with Gasteiger partial charge in [-0.25, -0.2) is 0 Å². The number of ketones is 1. The molecule has 3 rings (SSSR count). The first-order valence-electron chi connectivity index (χ1n) is 10.6. The molecule has 0 amide bonds. The third-order valence-electron chi connectivity index (χ3n) is 5.93. The zero-order chi connectivity index (χ0) is 20.1. The smallest absolute Gasteiger partial charge is 0.140 e. The fourth-order valence-corrected chi connectivity index (χ4v) is 4.11. The van der Waals surface area contributed by atoms with Crippen LogP contribution in [-0.4, -0.2) is 5.78 Å². The van der Waals surface area contributed by atoms with Crippen molar-refractivity contribution in [1.82, 2.24) is 0 Å². The van der Waals surface area contributed by atoms with Gasteiger partial charge in [-0.3, -0.25) is 4.79 Å². The number of Topliss-reactive ketones (excluding diaryl/α,β-unsaturated/α-hetero) is 1. The van der Waals surface area contributed by atoms with Crippen LogP contribution >= 0.6 is 0 Å². The Labute approximate surface area is 170 Å². The average molecular weight is 373 g/mol. The molecule has 0 bridgehead atoms. The van der Waals surface area contributed by atoms with Gasteiger partial charge in [0, 0.05) is 18.3 Å². The third-order valence-corrected chi connectivity index (χ3v) is 5.93. The summed E-state index contributed by atoms with van der Waals surface area (Å²) in [6, 6.07) is 19.1. The summed E-state index contributed by atoms with van der Waals surface area (Å²) in [4.78, 5) is 12.8. The fourth-order valence-electron chi connectivity index (χ4n) is 4.11. The van der Waals surface area contributed by atoms with Crippen molar-refractivity contribution in [2.24, 2.45) is 11.8 Å². The summed E-state index contributed by atoms with van der Waals surface area (Å²) in [5.41, 5.74) is 6.53. The van der Waals surface area contributed by atoms with Crippen molar-refractivity contribution in [3.63, 3.8) is 0 Å². The summed E-state index contributed by atoms with van der Waals surface area (Å²) < 4.78 is 0. The second-order valence-corrected chi connectivity index (χ2v) is 8.33. The molecule has 1 aliphatic carbocycles. The molecule has 2 unspecified atom stereocenters. The predicted octanol–water partition coefficient (Wildman–Crippen LogP) is 7.00.